The Kier molecular flexibility index (Phi) is 6.88. The summed E-state index contributed by atoms with van der Waals surface area (Å²) in [5.74, 6) is -0.792. The molecule has 1 rings (SSSR count). The van der Waals surface area contributed by atoms with Gasteiger partial charge in [-0.1, -0.05) is 0 Å². The number of rotatable bonds is 9. The highest BCUT2D eigenvalue weighted by atomic mass is 16.5. The summed E-state index contributed by atoms with van der Waals surface area (Å²) in [4.78, 5) is 13.5. The molecule has 0 saturated carbocycles. The second kappa shape index (κ2) is 7.93. The molecule has 1 heterocycles. The zero-order chi connectivity index (χ0) is 15.2. The van der Waals surface area contributed by atoms with Gasteiger partial charge in [-0.25, -0.2) is 0 Å². The third kappa shape index (κ3) is 4.41. The van der Waals surface area contributed by atoms with Crippen LogP contribution in [0.25, 0.3) is 0 Å². The molecule has 118 valence electrons. The molecule has 20 heavy (non-hydrogen) atoms. The van der Waals surface area contributed by atoms with E-state index in [-0.39, 0.29) is 12.2 Å². The van der Waals surface area contributed by atoms with E-state index in [0.717, 1.165) is 32.5 Å². The quantitative estimate of drug-likeness (QED) is 0.604. The Labute approximate surface area is 121 Å². The number of aliphatic carboxylic acids is 1. The van der Waals surface area contributed by atoms with Crippen LogP contribution in [0.5, 0.6) is 0 Å². The van der Waals surface area contributed by atoms with Crippen LogP contribution in [0, 0.1) is 0 Å². The minimum Gasteiger partial charge on any atom is -0.480 e. The molecular weight excluding hydrogens is 260 g/mol. The van der Waals surface area contributed by atoms with Gasteiger partial charge in [0.05, 0.1) is 12.2 Å². The van der Waals surface area contributed by atoms with Crippen LogP contribution in [0.3, 0.4) is 0 Å². The lowest BCUT2D eigenvalue weighted by atomic mass is 9.95. The molecule has 3 unspecified atom stereocenters. The first-order chi connectivity index (χ1) is 9.46. The van der Waals surface area contributed by atoms with Crippen LogP contribution in [0.1, 0.15) is 26.2 Å². The molecule has 0 aromatic carbocycles. The molecular formula is C14H28N2O4. The van der Waals surface area contributed by atoms with Crippen molar-refractivity contribution in [2.24, 2.45) is 0 Å². The van der Waals surface area contributed by atoms with Crippen molar-refractivity contribution in [1.82, 2.24) is 10.2 Å². The maximum Gasteiger partial charge on any atom is 0.323 e. The first-order valence-corrected chi connectivity index (χ1v) is 7.17. The first kappa shape index (κ1) is 17.4. The second-order valence-electron chi connectivity index (χ2n) is 5.65. The Hall–Kier alpha value is -0.690. The van der Waals surface area contributed by atoms with Gasteiger partial charge in [0.15, 0.2) is 0 Å². The topological polar surface area (TPSA) is 71.0 Å². The molecule has 0 amide bonds. The number of likely N-dealkylation sites (N-methyl/N-ethyl adjacent to an activating group) is 1. The monoisotopic (exact) mass is 288 g/mol. The van der Waals surface area contributed by atoms with E-state index in [0.29, 0.717) is 6.42 Å². The van der Waals surface area contributed by atoms with Crippen molar-refractivity contribution >= 4 is 5.97 Å². The van der Waals surface area contributed by atoms with Crippen molar-refractivity contribution in [2.45, 2.75) is 43.9 Å². The molecule has 0 aliphatic carbocycles. The summed E-state index contributed by atoms with van der Waals surface area (Å²) in [7, 11) is 5.12. The van der Waals surface area contributed by atoms with Crippen LogP contribution < -0.4 is 5.32 Å². The van der Waals surface area contributed by atoms with Crippen LogP contribution in [0.2, 0.25) is 0 Å². The minimum absolute atomic E-state index is 0.140. The van der Waals surface area contributed by atoms with Crippen molar-refractivity contribution in [3.63, 3.8) is 0 Å². The molecule has 6 nitrogen and oxygen atoms in total. The molecule has 2 N–H and O–H groups in total. The Bertz CT molecular complexity index is 302. The normalized spacial score (nSPS) is 26.6. The van der Waals surface area contributed by atoms with Gasteiger partial charge in [-0.15, -0.1) is 0 Å². The number of carboxylic acids is 1. The standard InChI is InChI=1S/C14H28N2O4/c1-14(15-2,13(17)18)7-5-6-8-16-9-11(19-3)12(10-16)20-4/h11-12,15H,5-10H2,1-4H3,(H,17,18). The number of likely N-dealkylation sites (tertiary alicyclic amines) is 1. The number of ether oxygens (including phenoxy) is 2. The summed E-state index contributed by atoms with van der Waals surface area (Å²) in [5.41, 5.74) is -0.824. The molecule has 6 heteroatoms. The van der Waals surface area contributed by atoms with Crippen molar-refractivity contribution in [3.05, 3.63) is 0 Å². The summed E-state index contributed by atoms with van der Waals surface area (Å²) in [6.45, 7) is 4.46. The average Bonchev–Trinajstić information content (AvgIpc) is 2.85. The molecule has 0 radical (unpaired) electrons. The highest BCUT2D eigenvalue weighted by Gasteiger charge is 2.33. The average molecular weight is 288 g/mol. The third-order valence-corrected chi connectivity index (χ3v) is 4.32. The molecule has 0 spiro atoms. The van der Waals surface area contributed by atoms with E-state index in [1.807, 2.05) is 0 Å². The van der Waals surface area contributed by atoms with Gasteiger partial charge in [0.2, 0.25) is 0 Å². The Morgan fingerprint density at radius 3 is 2.25 bits per heavy atom. The maximum atomic E-state index is 11.2. The number of nitrogens with one attached hydrogen (secondary N) is 1. The fourth-order valence-corrected chi connectivity index (χ4v) is 2.61. The molecule has 0 aromatic heterocycles. The highest BCUT2D eigenvalue weighted by molar-refractivity contribution is 5.78. The van der Waals surface area contributed by atoms with E-state index in [9.17, 15) is 9.90 Å². The van der Waals surface area contributed by atoms with E-state index in [4.69, 9.17) is 9.47 Å². The largest absolute Gasteiger partial charge is 0.480 e. The summed E-state index contributed by atoms with van der Waals surface area (Å²) >= 11 is 0. The number of unbranched alkanes of at least 4 members (excludes halogenated alkanes) is 1. The minimum atomic E-state index is -0.824. The summed E-state index contributed by atoms with van der Waals surface area (Å²) in [6.07, 6.45) is 2.78. The summed E-state index contributed by atoms with van der Waals surface area (Å²) < 4.78 is 10.8. The Morgan fingerprint density at radius 1 is 1.30 bits per heavy atom. The zero-order valence-corrected chi connectivity index (χ0v) is 13.0. The zero-order valence-electron chi connectivity index (χ0n) is 13.0. The number of methoxy groups -OCH3 is 2. The summed E-state index contributed by atoms with van der Waals surface area (Å²) in [5, 5.41) is 12.1. The van der Waals surface area contributed by atoms with Gasteiger partial charge in [-0.3, -0.25) is 9.69 Å². The van der Waals surface area contributed by atoms with E-state index in [1.54, 1.807) is 28.2 Å². The van der Waals surface area contributed by atoms with Gasteiger partial charge in [0.1, 0.15) is 5.54 Å². The second-order valence-corrected chi connectivity index (χ2v) is 5.65. The van der Waals surface area contributed by atoms with Gasteiger partial charge in [-0.2, -0.15) is 0 Å². The SMILES string of the molecule is CNC(C)(CCCCN1CC(OC)C(OC)C1)C(=O)O. The number of carbonyl (C=O) groups is 1. The summed E-state index contributed by atoms with van der Waals surface area (Å²) in [6, 6.07) is 0. The Balaban J connectivity index is 2.27. The lowest BCUT2D eigenvalue weighted by molar-refractivity contribution is -0.144. The number of hydrogen-bond donors (Lipinski definition) is 2. The van der Waals surface area contributed by atoms with Gasteiger partial charge < -0.3 is 19.9 Å². The van der Waals surface area contributed by atoms with Crippen molar-refractivity contribution < 1.29 is 19.4 Å². The van der Waals surface area contributed by atoms with Crippen molar-refractivity contribution in [1.29, 1.82) is 0 Å². The fourth-order valence-electron chi connectivity index (χ4n) is 2.61. The van der Waals surface area contributed by atoms with Crippen molar-refractivity contribution in [2.75, 3.05) is 40.9 Å². The molecule has 0 aromatic rings. The van der Waals surface area contributed by atoms with E-state index in [1.165, 1.54) is 0 Å². The van der Waals surface area contributed by atoms with Gasteiger partial charge >= 0.3 is 5.97 Å². The molecule has 0 bridgehead atoms. The van der Waals surface area contributed by atoms with Crippen LogP contribution in [0.15, 0.2) is 0 Å². The van der Waals surface area contributed by atoms with Crippen molar-refractivity contribution in [3.8, 4) is 0 Å². The van der Waals surface area contributed by atoms with Gasteiger partial charge in [0, 0.05) is 27.3 Å². The first-order valence-electron chi connectivity index (χ1n) is 7.17. The maximum absolute atomic E-state index is 11.2. The molecule has 1 fully saturated rings. The Morgan fingerprint density at radius 2 is 1.85 bits per heavy atom. The predicted molar refractivity (Wildman–Crippen MR) is 77.0 cm³/mol. The van der Waals surface area contributed by atoms with Gasteiger partial charge in [-0.05, 0) is 39.8 Å². The van der Waals surface area contributed by atoms with Crippen LogP contribution in [-0.4, -0.2) is 74.6 Å². The predicted octanol–water partition coefficient (Wildman–Crippen LogP) is 0.565. The number of hydrogen-bond acceptors (Lipinski definition) is 5. The van der Waals surface area contributed by atoms with E-state index >= 15 is 0 Å². The van der Waals surface area contributed by atoms with Crippen LogP contribution in [-0.2, 0) is 14.3 Å². The molecule has 1 aliphatic rings. The lowest BCUT2D eigenvalue weighted by Gasteiger charge is -2.24. The molecule has 1 aliphatic heterocycles. The lowest BCUT2D eigenvalue weighted by Crippen LogP contribution is -2.47. The smallest absolute Gasteiger partial charge is 0.323 e. The fraction of sp³-hybridized carbons (Fsp3) is 0.929. The van der Waals surface area contributed by atoms with Crippen LogP contribution >= 0.6 is 0 Å². The van der Waals surface area contributed by atoms with E-state index in [2.05, 4.69) is 10.2 Å². The molecule has 3 atom stereocenters. The highest BCUT2D eigenvalue weighted by Crippen LogP contribution is 2.18. The number of carboxylic acid groups (broad SMARTS) is 1. The van der Waals surface area contributed by atoms with E-state index < -0.39 is 11.5 Å². The third-order valence-electron chi connectivity index (χ3n) is 4.32. The number of nitrogens with zero attached hydrogens (tertiary/aromatic N) is 1. The van der Waals surface area contributed by atoms with Gasteiger partial charge in [0.25, 0.3) is 0 Å². The van der Waals surface area contributed by atoms with Crippen LogP contribution in [0.4, 0.5) is 0 Å². The molecule has 1 saturated heterocycles.